The third kappa shape index (κ3) is 2.01. The Kier molecular flexibility index (Phi) is 2.77. The molecule has 1 aliphatic heterocycles. The van der Waals surface area contributed by atoms with Crippen LogP contribution < -0.4 is 4.90 Å². The molecule has 0 N–H and O–H groups in total. The summed E-state index contributed by atoms with van der Waals surface area (Å²) in [6.07, 6.45) is 2.93. The van der Waals surface area contributed by atoms with Gasteiger partial charge in [-0.25, -0.2) is 4.98 Å². The molecule has 0 saturated heterocycles. The lowest BCUT2D eigenvalue weighted by atomic mass is 10.0. The molecule has 0 saturated carbocycles. The maximum absolute atomic E-state index is 13.7. The molecule has 0 unspecified atom stereocenters. The van der Waals surface area contributed by atoms with Crippen LogP contribution in [0.1, 0.15) is 12.0 Å². The van der Waals surface area contributed by atoms with E-state index in [-0.39, 0.29) is 0 Å². The molecule has 104 valence electrons. The second-order valence-electron chi connectivity index (χ2n) is 5.07. The van der Waals surface area contributed by atoms with Crippen LogP contribution >= 0.6 is 0 Å². The number of hydrogen-bond acceptors (Lipinski definition) is 4. The van der Waals surface area contributed by atoms with Crippen molar-refractivity contribution in [3.8, 4) is 0 Å². The summed E-state index contributed by atoms with van der Waals surface area (Å²) >= 11 is 0. The zero-order chi connectivity index (χ0) is 14.2. The lowest BCUT2D eigenvalue weighted by molar-refractivity contribution is 0.542. The topological polar surface area (TPSA) is 41.9 Å². The van der Waals surface area contributed by atoms with Crippen molar-refractivity contribution in [3.05, 3.63) is 54.2 Å². The lowest BCUT2D eigenvalue weighted by Crippen LogP contribution is -2.26. The van der Waals surface area contributed by atoms with E-state index in [1.807, 2.05) is 24.3 Å². The number of aromatic nitrogens is 3. The summed E-state index contributed by atoms with van der Waals surface area (Å²) in [5.41, 5.74) is 2.75. The summed E-state index contributed by atoms with van der Waals surface area (Å²) < 4.78 is 13.7. The Bertz CT molecular complexity index is 818. The minimum atomic E-state index is -0.737. The molecule has 1 aromatic carbocycles. The van der Waals surface area contributed by atoms with E-state index >= 15 is 0 Å². The van der Waals surface area contributed by atoms with Crippen LogP contribution in [-0.2, 0) is 6.42 Å². The molecule has 0 bridgehead atoms. The fraction of sp³-hybridized carbons (Fsp3) is 0.188. The number of halogens is 1. The number of hydrogen-bond donors (Lipinski definition) is 0. The summed E-state index contributed by atoms with van der Waals surface area (Å²) in [5.74, 6) is 0.595. The van der Waals surface area contributed by atoms with Crippen LogP contribution in [-0.4, -0.2) is 21.5 Å². The minimum absolute atomic E-state index is 0.392. The van der Waals surface area contributed by atoms with Gasteiger partial charge in [0.25, 0.3) is 0 Å². The highest BCUT2D eigenvalue weighted by Gasteiger charge is 2.21. The molecule has 4 nitrogen and oxygen atoms in total. The van der Waals surface area contributed by atoms with E-state index in [9.17, 15) is 4.39 Å². The van der Waals surface area contributed by atoms with Gasteiger partial charge in [0.15, 0.2) is 5.65 Å². The molecule has 4 rings (SSSR count). The third-order valence-corrected chi connectivity index (χ3v) is 3.79. The number of para-hydroxylation sites is 1. The van der Waals surface area contributed by atoms with Crippen LogP contribution in [0.3, 0.4) is 0 Å². The van der Waals surface area contributed by atoms with E-state index in [0.717, 1.165) is 30.5 Å². The Morgan fingerprint density at radius 3 is 2.90 bits per heavy atom. The van der Waals surface area contributed by atoms with Crippen LogP contribution in [0.15, 0.2) is 42.6 Å². The van der Waals surface area contributed by atoms with Crippen LogP contribution in [0.25, 0.3) is 11.0 Å². The molecule has 0 spiro atoms. The second-order valence-corrected chi connectivity index (χ2v) is 5.07. The number of anilines is 2. The smallest absolute Gasteiger partial charge is 0.312 e. The highest BCUT2D eigenvalue weighted by atomic mass is 18.2. The van der Waals surface area contributed by atoms with Crippen molar-refractivity contribution in [2.75, 3.05) is 11.4 Å². The second kappa shape index (κ2) is 4.77. The van der Waals surface area contributed by atoms with Gasteiger partial charge >= 0.3 is 6.08 Å². The molecule has 5 heteroatoms. The molecule has 0 radical (unpaired) electrons. The number of aryl methyl sites for hydroxylation is 1. The molecule has 1 aliphatic rings. The van der Waals surface area contributed by atoms with Gasteiger partial charge in [-0.15, -0.1) is 0 Å². The Balaban J connectivity index is 1.96. The van der Waals surface area contributed by atoms with E-state index in [2.05, 4.69) is 32.0 Å². The summed E-state index contributed by atoms with van der Waals surface area (Å²) in [6, 6.07) is 11.9. The van der Waals surface area contributed by atoms with Gasteiger partial charge in [-0.3, -0.25) is 0 Å². The number of nitrogens with zero attached hydrogens (tertiary/aromatic N) is 4. The van der Waals surface area contributed by atoms with Gasteiger partial charge in [0.1, 0.15) is 5.82 Å². The predicted octanol–water partition coefficient (Wildman–Crippen LogP) is 3.25. The minimum Gasteiger partial charge on any atom is -0.325 e. The Morgan fingerprint density at radius 1 is 1.05 bits per heavy atom. The van der Waals surface area contributed by atoms with Crippen molar-refractivity contribution >= 4 is 22.5 Å². The first-order valence-corrected chi connectivity index (χ1v) is 6.96. The van der Waals surface area contributed by atoms with Gasteiger partial charge in [0.05, 0.1) is 5.39 Å². The first-order valence-electron chi connectivity index (χ1n) is 6.96. The fourth-order valence-electron chi connectivity index (χ4n) is 2.88. The Morgan fingerprint density at radius 2 is 1.95 bits per heavy atom. The van der Waals surface area contributed by atoms with Gasteiger partial charge in [0.2, 0.25) is 0 Å². The third-order valence-electron chi connectivity index (χ3n) is 3.79. The zero-order valence-electron chi connectivity index (χ0n) is 11.3. The van der Waals surface area contributed by atoms with Crippen molar-refractivity contribution in [1.82, 2.24) is 15.0 Å². The number of rotatable bonds is 1. The number of pyridine rings is 1. The maximum atomic E-state index is 13.7. The Hall–Kier alpha value is -2.56. The van der Waals surface area contributed by atoms with Gasteiger partial charge in [0, 0.05) is 18.4 Å². The van der Waals surface area contributed by atoms with Crippen molar-refractivity contribution in [1.29, 1.82) is 0 Å². The normalized spacial score (nSPS) is 14.2. The van der Waals surface area contributed by atoms with Crippen LogP contribution in [0.4, 0.5) is 15.9 Å². The molecule has 21 heavy (non-hydrogen) atoms. The van der Waals surface area contributed by atoms with Crippen LogP contribution in [0.5, 0.6) is 0 Å². The highest BCUT2D eigenvalue weighted by molar-refractivity contribution is 5.89. The van der Waals surface area contributed by atoms with Crippen molar-refractivity contribution in [2.24, 2.45) is 0 Å². The molecule has 0 atom stereocenters. The van der Waals surface area contributed by atoms with E-state index in [1.165, 1.54) is 5.56 Å². The lowest BCUT2D eigenvalue weighted by Gasteiger charge is -2.30. The van der Waals surface area contributed by atoms with E-state index < -0.39 is 6.08 Å². The average Bonchev–Trinajstić information content (AvgIpc) is 2.53. The Labute approximate surface area is 121 Å². The van der Waals surface area contributed by atoms with Crippen molar-refractivity contribution in [2.45, 2.75) is 12.8 Å². The molecule has 3 heterocycles. The molecule has 0 amide bonds. The quantitative estimate of drug-likeness (QED) is 0.641. The molecular weight excluding hydrogens is 266 g/mol. The fourth-order valence-corrected chi connectivity index (χ4v) is 2.88. The summed E-state index contributed by atoms with van der Waals surface area (Å²) in [6.45, 7) is 0.817. The summed E-state index contributed by atoms with van der Waals surface area (Å²) in [7, 11) is 0. The molecule has 0 aliphatic carbocycles. The summed E-state index contributed by atoms with van der Waals surface area (Å²) in [4.78, 5) is 14.0. The van der Waals surface area contributed by atoms with Gasteiger partial charge in [-0.05, 0) is 36.6 Å². The van der Waals surface area contributed by atoms with Gasteiger partial charge in [-0.1, -0.05) is 18.2 Å². The van der Waals surface area contributed by atoms with Crippen LogP contribution in [0, 0.1) is 6.08 Å². The predicted molar refractivity (Wildman–Crippen MR) is 79.1 cm³/mol. The van der Waals surface area contributed by atoms with E-state index in [1.54, 1.807) is 6.20 Å². The SMILES string of the molecule is [18F]c1nc(N2CCCc3ccccc32)c2cccnc2n1. The van der Waals surface area contributed by atoms with Gasteiger partial charge in [-0.2, -0.15) is 14.4 Å². The highest BCUT2D eigenvalue weighted by Crippen LogP contribution is 2.35. The van der Waals surface area contributed by atoms with Crippen molar-refractivity contribution in [3.63, 3.8) is 0 Å². The van der Waals surface area contributed by atoms with Gasteiger partial charge < -0.3 is 4.90 Å². The first-order chi connectivity index (χ1) is 10.3. The largest absolute Gasteiger partial charge is 0.325 e. The van der Waals surface area contributed by atoms with E-state index in [0.29, 0.717) is 11.5 Å². The standard InChI is InChI=1S/C16H13FN4/c17-16-19-14-12(7-3-9-18-14)15(20-16)21-10-4-6-11-5-1-2-8-13(11)21/h1-3,5,7-9H,4,6,10H2/i17-1. The van der Waals surface area contributed by atoms with Crippen molar-refractivity contribution < 1.29 is 4.39 Å². The molecule has 2 aromatic heterocycles. The molecule has 3 aromatic rings. The molecular formula is C16H13FN4. The van der Waals surface area contributed by atoms with E-state index in [4.69, 9.17) is 0 Å². The number of fused-ring (bicyclic) bond motifs is 2. The monoisotopic (exact) mass is 279 g/mol. The zero-order valence-corrected chi connectivity index (χ0v) is 11.3. The number of benzene rings is 1. The molecule has 0 fully saturated rings. The first kappa shape index (κ1) is 12.2. The van der Waals surface area contributed by atoms with Crippen LogP contribution in [0.2, 0.25) is 0 Å². The average molecular weight is 279 g/mol. The summed E-state index contributed by atoms with van der Waals surface area (Å²) in [5, 5.41) is 0.774. The maximum Gasteiger partial charge on any atom is 0.312 e.